The molecule has 2 rings (SSSR count). The van der Waals surface area contributed by atoms with Crippen LogP contribution in [0.1, 0.15) is 42.2 Å². The topological polar surface area (TPSA) is 56.1 Å². The molecule has 1 aromatic heterocycles. The van der Waals surface area contributed by atoms with E-state index in [9.17, 15) is 4.79 Å². The molecule has 1 heterocycles. The van der Waals surface area contributed by atoms with Gasteiger partial charge < -0.3 is 10.1 Å². The SMILES string of the molecule is COC1(C(C)NC(=O)c2nn(C)cc2C)CCC1. The fourth-order valence-electron chi connectivity index (χ4n) is 2.57. The number of carbonyl (C=O) groups excluding carboxylic acids is 1. The molecule has 0 saturated heterocycles. The van der Waals surface area contributed by atoms with E-state index in [1.54, 1.807) is 11.8 Å². The first-order valence-corrected chi connectivity index (χ1v) is 6.35. The molecule has 1 atom stereocenters. The van der Waals surface area contributed by atoms with Crippen LogP contribution in [-0.4, -0.2) is 34.4 Å². The Morgan fingerprint density at radius 3 is 2.67 bits per heavy atom. The van der Waals surface area contributed by atoms with Crippen molar-refractivity contribution in [3.63, 3.8) is 0 Å². The largest absolute Gasteiger partial charge is 0.376 e. The summed E-state index contributed by atoms with van der Waals surface area (Å²) in [7, 11) is 3.53. The van der Waals surface area contributed by atoms with Crippen molar-refractivity contribution in [1.82, 2.24) is 15.1 Å². The van der Waals surface area contributed by atoms with E-state index in [4.69, 9.17) is 4.74 Å². The normalized spacial score (nSPS) is 19.1. The second kappa shape index (κ2) is 4.72. The number of aryl methyl sites for hydroxylation is 2. The third-order valence-electron chi connectivity index (χ3n) is 3.97. The molecule has 1 aliphatic rings. The number of carbonyl (C=O) groups is 1. The Hall–Kier alpha value is -1.36. The molecule has 1 aliphatic carbocycles. The molecule has 1 fully saturated rings. The molecule has 1 N–H and O–H groups in total. The zero-order chi connectivity index (χ0) is 13.3. The summed E-state index contributed by atoms with van der Waals surface area (Å²) in [4.78, 5) is 12.1. The van der Waals surface area contributed by atoms with Crippen molar-refractivity contribution in [3.05, 3.63) is 17.5 Å². The van der Waals surface area contributed by atoms with Gasteiger partial charge in [0.1, 0.15) is 0 Å². The molecule has 5 nitrogen and oxygen atoms in total. The fraction of sp³-hybridized carbons (Fsp3) is 0.692. The van der Waals surface area contributed by atoms with E-state index in [1.165, 1.54) is 0 Å². The quantitative estimate of drug-likeness (QED) is 0.880. The summed E-state index contributed by atoms with van der Waals surface area (Å²) in [6.45, 7) is 3.89. The van der Waals surface area contributed by atoms with Crippen LogP contribution in [0.3, 0.4) is 0 Å². The van der Waals surface area contributed by atoms with Crippen LogP contribution < -0.4 is 5.32 Å². The molecule has 0 aromatic carbocycles. The zero-order valence-electron chi connectivity index (χ0n) is 11.5. The number of nitrogens with zero attached hydrogens (tertiary/aromatic N) is 2. The second-order valence-electron chi connectivity index (χ2n) is 5.15. The summed E-state index contributed by atoms with van der Waals surface area (Å²) in [5, 5.41) is 7.18. The molecule has 18 heavy (non-hydrogen) atoms. The van der Waals surface area contributed by atoms with E-state index in [0.29, 0.717) is 5.69 Å². The van der Waals surface area contributed by atoms with Crippen LogP contribution in [0.25, 0.3) is 0 Å². The third kappa shape index (κ3) is 2.14. The standard InChI is InChI=1S/C13H21N3O2/c1-9-8-16(3)15-11(9)12(17)14-10(2)13(18-4)6-5-7-13/h8,10H,5-7H2,1-4H3,(H,14,17). The summed E-state index contributed by atoms with van der Waals surface area (Å²) in [6.07, 6.45) is 5.02. The van der Waals surface area contributed by atoms with E-state index >= 15 is 0 Å². The maximum Gasteiger partial charge on any atom is 0.272 e. The summed E-state index contributed by atoms with van der Waals surface area (Å²) < 4.78 is 7.22. The molecular formula is C13H21N3O2. The Kier molecular flexibility index (Phi) is 3.43. The molecule has 1 unspecified atom stereocenters. The Labute approximate surface area is 108 Å². The van der Waals surface area contributed by atoms with Crippen molar-refractivity contribution in [2.75, 3.05) is 7.11 Å². The van der Waals surface area contributed by atoms with Crippen molar-refractivity contribution in [1.29, 1.82) is 0 Å². The monoisotopic (exact) mass is 251 g/mol. The highest BCUT2D eigenvalue weighted by Crippen LogP contribution is 2.38. The number of hydrogen-bond donors (Lipinski definition) is 1. The molecule has 1 aromatic rings. The molecule has 100 valence electrons. The first-order chi connectivity index (χ1) is 8.48. The Balaban J connectivity index is 2.05. The minimum absolute atomic E-state index is 0.00477. The summed E-state index contributed by atoms with van der Waals surface area (Å²) in [5.74, 6) is -0.121. The van der Waals surface area contributed by atoms with E-state index in [1.807, 2.05) is 27.1 Å². The molecule has 1 saturated carbocycles. The summed E-state index contributed by atoms with van der Waals surface area (Å²) in [6, 6.07) is 0.00477. The third-order valence-corrected chi connectivity index (χ3v) is 3.97. The van der Waals surface area contributed by atoms with Gasteiger partial charge in [-0.2, -0.15) is 5.10 Å². The lowest BCUT2D eigenvalue weighted by atomic mass is 9.75. The number of rotatable bonds is 4. The van der Waals surface area contributed by atoms with Crippen LogP contribution in [-0.2, 0) is 11.8 Å². The van der Waals surface area contributed by atoms with Crippen molar-refractivity contribution in [3.8, 4) is 0 Å². The maximum absolute atomic E-state index is 12.1. The maximum atomic E-state index is 12.1. The minimum Gasteiger partial charge on any atom is -0.376 e. The lowest BCUT2D eigenvalue weighted by Gasteiger charge is -2.45. The molecule has 0 radical (unpaired) electrons. The fourth-order valence-corrected chi connectivity index (χ4v) is 2.57. The molecule has 0 bridgehead atoms. The zero-order valence-corrected chi connectivity index (χ0v) is 11.5. The van der Waals surface area contributed by atoms with Gasteiger partial charge in [0.05, 0.1) is 11.6 Å². The predicted octanol–water partition coefficient (Wildman–Crippen LogP) is 1.42. The summed E-state index contributed by atoms with van der Waals surface area (Å²) >= 11 is 0. The van der Waals surface area contributed by atoms with Gasteiger partial charge in [0.15, 0.2) is 5.69 Å². The van der Waals surface area contributed by atoms with Crippen LogP contribution >= 0.6 is 0 Å². The minimum atomic E-state index is -0.182. The van der Waals surface area contributed by atoms with Gasteiger partial charge in [-0.25, -0.2) is 0 Å². The first kappa shape index (κ1) is 13.1. The average Bonchev–Trinajstić information content (AvgIpc) is 2.57. The van der Waals surface area contributed by atoms with E-state index < -0.39 is 0 Å². The van der Waals surface area contributed by atoms with Crippen LogP contribution in [0, 0.1) is 6.92 Å². The second-order valence-corrected chi connectivity index (χ2v) is 5.15. The van der Waals surface area contributed by atoms with Crippen LogP contribution in [0.2, 0.25) is 0 Å². The number of hydrogen-bond acceptors (Lipinski definition) is 3. The average molecular weight is 251 g/mol. The highest BCUT2D eigenvalue weighted by molar-refractivity contribution is 5.93. The Bertz CT molecular complexity index is 444. The van der Waals surface area contributed by atoms with E-state index in [0.717, 1.165) is 24.8 Å². The van der Waals surface area contributed by atoms with Crippen molar-refractivity contribution < 1.29 is 9.53 Å². The van der Waals surface area contributed by atoms with Gasteiger partial charge in [-0.1, -0.05) is 0 Å². The molecule has 5 heteroatoms. The molecule has 0 spiro atoms. The van der Waals surface area contributed by atoms with Gasteiger partial charge in [0.25, 0.3) is 5.91 Å². The molecular weight excluding hydrogens is 230 g/mol. The first-order valence-electron chi connectivity index (χ1n) is 6.35. The van der Waals surface area contributed by atoms with Gasteiger partial charge in [-0.05, 0) is 33.1 Å². The van der Waals surface area contributed by atoms with Gasteiger partial charge in [-0.3, -0.25) is 9.48 Å². The van der Waals surface area contributed by atoms with E-state index in [2.05, 4.69) is 10.4 Å². The van der Waals surface area contributed by atoms with Gasteiger partial charge >= 0.3 is 0 Å². The summed E-state index contributed by atoms with van der Waals surface area (Å²) in [5.41, 5.74) is 1.20. The van der Waals surface area contributed by atoms with Crippen LogP contribution in [0.4, 0.5) is 0 Å². The lowest BCUT2D eigenvalue weighted by molar-refractivity contribution is -0.0919. The van der Waals surface area contributed by atoms with Crippen molar-refractivity contribution in [2.24, 2.45) is 7.05 Å². The number of ether oxygens (including phenoxy) is 1. The molecule has 0 aliphatic heterocycles. The number of methoxy groups -OCH3 is 1. The molecule has 1 amide bonds. The van der Waals surface area contributed by atoms with Crippen LogP contribution in [0.15, 0.2) is 6.20 Å². The smallest absolute Gasteiger partial charge is 0.272 e. The van der Waals surface area contributed by atoms with E-state index in [-0.39, 0.29) is 17.6 Å². The number of aromatic nitrogens is 2. The van der Waals surface area contributed by atoms with Gasteiger partial charge in [-0.15, -0.1) is 0 Å². The highest BCUT2D eigenvalue weighted by Gasteiger charge is 2.43. The van der Waals surface area contributed by atoms with Gasteiger partial charge in [0.2, 0.25) is 0 Å². The highest BCUT2D eigenvalue weighted by atomic mass is 16.5. The predicted molar refractivity (Wildman–Crippen MR) is 68.5 cm³/mol. The Morgan fingerprint density at radius 1 is 1.61 bits per heavy atom. The lowest BCUT2D eigenvalue weighted by Crippen LogP contribution is -2.56. The van der Waals surface area contributed by atoms with Crippen molar-refractivity contribution >= 4 is 5.91 Å². The number of amides is 1. The number of nitrogens with one attached hydrogen (secondary N) is 1. The van der Waals surface area contributed by atoms with Gasteiger partial charge in [0, 0.05) is 25.9 Å². The van der Waals surface area contributed by atoms with Crippen LogP contribution in [0.5, 0.6) is 0 Å². The van der Waals surface area contributed by atoms with Crippen molar-refractivity contribution in [2.45, 2.75) is 44.8 Å². The Morgan fingerprint density at radius 2 is 2.28 bits per heavy atom.